The third-order valence-corrected chi connectivity index (χ3v) is 6.66. The van der Waals surface area contributed by atoms with Gasteiger partial charge in [0.1, 0.15) is 11.9 Å². The number of hydrogen-bond donors (Lipinski definition) is 0. The number of ether oxygens (including phenoxy) is 2. The van der Waals surface area contributed by atoms with Gasteiger partial charge >= 0.3 is 6.09 Å². The number of alkyl halides is 1. The first kappa shape index (κ1) is 21.0. The molecule has 1 aromatic carbocycles. The summed E-state index contributed by atoms with van der Waals surface area (Å²) in [5, 5.41) is 7.40. The molecule has 0 radical (unpaired) electrons. The van der Waals surface area contributed by atoms with Crippen molar-refractivity contribution in [2.24, 2.45) is 11.8 Å². The minimum Gasteiger partial charge on any atom is -0.442 e. The van der Waals surface area contributed by atoms with Crippen LogP contribution in [0.2, 0.25) is 0 Å². The molecular formula is C22H17F4N5O3. The predicted molar refractivity (Wildman–Crippen MR) is 108 cm³/mol. The molecule has 4 heterocycles. The van der Waals surface area contributed by atoms with Crippen LogP contribution in [0.15, 0.2) is 36.8 Å². The molecule has 1 amide bonds. The Hall–Kier alpha value is -3.54. The van der Waals surface area contributed by atoms with E-state index in [2.05, 4.69) is 15.3 Å². The average molecular weight is 475 g/mol. The first-order valence-corrected chi connectivity index (χ1v) is 10.6. The van der Waals surface area contributed by atoms with Gasteiger partial charge < -0.3 is 9.47 Å². The van der Waals surface area contributed by atoms with Crippen LogP contribution in [-0.2, 0) is 21.7 Å². The minimum absolute atomic E-state index is 0.0529. The van der Waals surface area contributed by atoms with Gasteiger partial charge in [0.2, 0.25) is 0 Å². The lowest BCUT2D eigenvalue weighted by Crippen LogP contribution is -2.27. The van der Waals surface area contributed by atoms with Crippen LogP contribution < -0.4 is 4.90 Å². The van der Waals surface area contributed by atoms with Crippen LogP contribution in [0.5, 0.6) is 0 Å². The van der Waals surface area contributed by atoms with Crippen molar-refractivity contribution in [3.8, 4) is 11.1 Å². The number of hydrogen-bond acceptors (Lipinski definition) is 6. The fraction of sp³-hybridized carbons (Fsp3) is 0.364. The summed E-state index contributed by atoms with van der Waals surface area (Å²) in [6, 6.07) is 3.39. The quantitative estimate of drug-likeness (QED) is 0.416. The fourth-order valence-electron chi connectivity index (χ4n) is 4.84. The number of benzene rings is 1. The number of amides is 1. The standard InChI is InChI=1S/C22H17F4N5O3/c23-15-5-16(31-8-12(34-21(31)32)7-30-4-3-28-29-30)19(24)20(25)18(15)11-1-2-17(27-6-11)22(26)13-9-33-10-14(13)22/h1-6,12-14H,7-10H2/t12-,13-,14+,22-/m0/s1. The molecule has 6 rings (SSSR count). The molecule has 0 N–H and O–H groups in total. The molecule has 3 fully saturated rings. The van der Waals surface area contributed by atoms with Gasteiger partial charge in [0.25, 0.3) is 0 Å². The molecule has 4 atom stereocenters. The van der Waals surface area contributed by atoms with Crippen molar-refractivity contribution >= 4 is 11.8 Å². The fourth-order valence-corrected chi connectivity index (χ4v) is 4.84. The zero-order valence-electron chi connectivity index (χ0n) is 17.5. The smallest absolute Gasteiger partial charge is 0.414 e. The Morgan fingerprint density at radius 1 is 1.15 bits per heavy atom. The number of cyclic esters (lactones) is 1. The maximum absolute atomic E-state index is 15.1. The molecule has 176 valence electrons. The SMILES string of the molecule is O=C1O[C@@H](Cn2ccnn2)CN1c1cc(F)c(-c2ccc([C@@]3(F)[C@@H]4COC[C@@H]43)nc2)c(F)c1F. The van der Waals surface area contributed by atoms with E-state index in [1.807, 2.05) is 0 Å². The minimum atomic E-state index is -1.61. The largest absolute Gasteiger partial charge is 0.442 e. The molecule has 3 aromatic rings. The lowest BCUT2D eigenvalue weighted by Gasteiger charge is -2.17. The van der Waals surface area contributed by atoms with Gasteiger partial charge in [-0.05, 0) is 6.07 Å². The zero-order chi connectivity index (χ0) is 23.6. The first-order chi connectivity index (χ1) is 16.4. The molecule has 12 heteroatoms. The van der Waals surface area contributed by atoms with Crippen LogP contribution in [-0.4, -0.2) is 51.9 Å². The Balaban J connectivity index is 1.26. The van der Waals surface area contributed by atoms with Crippen molar-refractivity contribution in [1.82, 2.24) is 20.0 Å². The van der Waals surface area contributed by atoms with Gasteiger partial charge in [-0.15, -0.1) is 5.10 Å². The third-order valence-electron chi connectivity index (χ3n) is 6.66. The molecule has 0 spiro atoms. The van der Waals surface area contributed by atoms with Crippen molar-refractivity contribution in [3.63, 3.8) is 0 Å². The number of pyridine rings is 1. The molecule has 2 aliphatic heterocycles. The van der Waals surface area contributed by atoms with Crippen LogP contribution in [0.1, 0.15) is 5.69 Å². The second-order valence-electron chi connectivity index (χ2n) is 8.57. The molecule has 8 nitrogen and oxygen atoms in total. The summed E-state index contributed by atoms with van der Waals surface area (Å²) in [4.78, 5) is 17.1. The van der Waals surface area contributed by atoms with Crippen LogP contribution in [0, 0.1) is 29.3 Å². The number of halogens is 4. The van der Waals surface area contributed by atoms with Crippen LogP contribution >= 0.6 is 0 Å². The van der Waals surface area contributed by atoms with Crippen molar-refractivity contribution in [2.45, 2.75) is 18.3 Å². The van der Waals surface area contributed by atoms with Crippen molar-refractivity contribution in [3.05, 3.63) is 59.9 Å². The van der Waals surface area contributed by atoms with Gasteiger partial charge in [0.05, 0.1) is 49.4 Å². The summed E-state index contributed by atoms with van der Waals surface area (Å²) in [6.45, 7) is 0.627. The number of aromatic nitrogens is 4. The lowest BCUT2D eigenvalue weighted by atomic mass is 10.0. The summed E-state index contributed by atoms with van der Waals surface area (Å²) in [7, 11) is 0. The molecule has 2 aromatic heterocycles. The topological polar surface area (TPSA) is 82.4 Å². The van der Waals surface area contributed by atoms with Gasteiger partial charge in [-0.1, -0.05) is 11.3 Å². The number of nitrogens with zero attached hydrogens (tertiary/aromatic N) is 5. The molecule has 2 saturated heterocycles. The van der Waals surface area contributed by atoms with E-state index < -0.39 is 46.6 Å². The third kappa shape index (κ3) is 3.08. The zero-order valence-corrected chi connectivity index (χ0v) is 17.5. The van der Waals surface area contributed by atoms with E-state index in [4.69, 9.17) is 9.47 Å². The second-order valence-corrected chi connectivity index (χ2v) is 8.57. The predicted octanol–water partition coefficient (Wildman–Crippen LogP) is 3.22. The maximum atomic E-state index is 15.1. The summed E-state index contributed by atoms with van der Waals surface area (Å²) in [6.07, 6.45) is 2.46. The highest BCUT2D eigenvalue weighted by Gasteiger charge is 2.70. The van der Waals surface area contributed by atoms with Gasteiger partial charge in [0, 0.05) is 35.9 Å². The van der Waals surface area contributed by atoms with E-state index in [9.17, 15) is 18.0 Å². The monoisotopic (exact) mass is 475 g/mol. The Morgan fingerprint density at radius 3 is 2.62 bits per heavy atom. The van der Waals surface area contributed by atoms with Gasteiger partial charge in [0.15, 0.2) is 17.3 Å². The van der Waals surface area contributed by atoms with Crippen molar-refractivity contribution in [1.29, 1.82) is 0 Å². The molecular weight excluding hydrogens is 458 g/mol. The number of carbonyl (C=O) groups is 1. The maximum Gasteiger partial charge on any atom is 0.414 e. The van der Waals surface area contributed by atoms with Gasteiger partial charge in [-0.2, -0.15) is 0 Å². The normalized spacial score (nSPS) is 27.7. The number of fused-ring (bicyclic) bond motifs is 1. The highest BCUT2D eigenvalue weighted by molar-refractivity contribution is 5.90. The van der Waals surface area contributed by atoms with E-state index in [0.717, 1.165) is 17.2 Å². The average Bonchev–Trinajstić information content (AvgIpc) is 3.38. The summed E-state index contributed by atoms with van der Waals surface area (Å²) < 4.78 is 71.8. The van der Waals surface area contributed by atoms with Crippen molar-refractivity contribution in [2.75, 3.05) is 24.7 Å². The van der Waals surface area contributed by atoms with Crippen LogP contribution in [0.25, 0.3) is 11.1 Å². The second kappa shape index (κ2) is 7.49. The van der Waals surface area contributed by atoms with E-state index in [-0.39, 0.29) is 36.2 Å². The van der Waals surface area contributed by atoms with Gasteiger partial charge in [-0.25, -0.2) is 27.0 Å². The molecule has 0 unspecified atom stereocenters. The summed E-state index contributed by atoms with van der Waals surface area (Å²) in [5.74, 6) is -4.53. The van der Waals surface area contributed by atoms with E-state index in [0.29, 0.717) is 13.2 Å². The van der Waals surface area contributed by atoms with E-state index >= 15 is 4.39 Å². The van der Waals surface area contributed by atoms with E-state index in [1.54, 1.807) is 6.20 Å². The van der Waals surface area contributed by atoms with Crippen LogP contribution in [0.4, 0.5) is 28.0 Å². The van der Waals surface area contributed by atoms with Crippen molar-refractivity contribution < 1.29 is 31.8 Å². The number of carbonyl (C=O) groups excluding carboxylic acids is 1. The molecule has 3 aliphatic rings. The Morgan fingerprint density at radius 2 is 1.94 bits per heavy atom. The Labute approximate surface area is 190 Å². The molecule has 1 aliphatic carbocycles. The molecule has 1 saturated carbocycles. The molecule has 0 bridgehead atoms. The summed E-state index contributed by atoms with van der Waals surface area (Å²) in [5.41, 5.74) is -2.74. The highest BCUT2D eigenvalue weighted by atomic mass is 19.2. The summed E-state index contributed by atoms with van der Waals surface area (Å²) >= 11 is 0. The van der Waals surface area contributed by atoms with Crippen LogP contribution in [0.3, 0.4) is 0 Å². The Bertz CT molecular complexity index is 1260. The highest BCUT2D eigenvalue weighted by Crippen LogP contribution is 2.63. The van der Waals surface area contributed by atoms with E-state index in [1.165, 1.54) is 23.0 Å². The molecule has 34 heavy (non-hydrogen) atoms. The Kier molecular flexibility index (Phi) is 4.63. The lowest BCUT2D eigenvalue weighted by molar-refractivity contribution is 0.0974. The van der Waals surface area contributed by atoms with Gasteiger partial charge in [-0.3, -0.25) is 9.88 Å². The number of rotatable bonds is 5. The first-order valence-electron chi connectivity index (χ1n) is 10.6. The number of anilines is 1.